The highest BCUT2D eigenvalue weighted by Gasteiger charge is 2.59. The van der Waals surface area contributed by atoms with Crippen molar-refractivity contribution in [1.29, 1.82) is 0 Å². The molecule has 1 unspecified atom stereocenters. The lowest BCUT2D eigenvalue weighted by Crippen LogP contribution is -2.65. The van der Waals surface area contributed by atoms with Crippen LogP contribution in [0.2, 0.25) is 0 Å². The van der Waals surface area contributed by atoms with Gasteiger partial charge in [-0.15, -0.1) is 0 Å². The van der Waals surface area contributed by atoms with Gasteiger partial charge < -0.3 is 19.3 Å². The fourth-order valence-corrected chi connectivity index (χ4v) is 5.26. The van der Waals surface area contributed by atoms with E-state index in [0.717, 1.165) is 39.1 Å². The Hall–Kier alpha value is -0.650. The lowest BCUT2D eigenvalue weighted by Gasteiger charge is -2.53. The lowest BCUT2D eigenvalue weighted by molar-refractivity contribution is -0.194. The molecule has 4 atom stereocenters. The molecule has 0 aromatic heterocycles. The Balaban J connectivity index is 1.46. The predicted octanol–water partition coefficient (Wildman–Crippen LogP) is 2.25. The normalized spacial score (nSPS) is 40.7. The van der Waals surface area contributed by atoms with Crippen molar-refractivity contribution in [1.82, 2.24) is 9.80 Å². The van der Waals surface area contributed by atoms with Crippen molar-refractivity contribution in [3.63, 3.8) is 0 Å². The van der Waals surface area contributed by atoms with Crippen LogP contribution < -0.4 is 0 Å². The molecule has 0 aliphatic carbocycles. The average Bonchev–Trinajstić information content (AvgIpc) is 2.98. The molecule has 0 radical (unpaired) electrons. The third-order valence-electron chi connectivity index (χ3n) is 6.63. The summed E-state index contributed by atoms with van der Waals surface area (Å²) in [7, 11) is 0. The first-order valence-corrected chi connectivity index (χ1v) is 9.90. The molecule has 5 nitrogen and oxygen atoms in total. The molecular weight excluding hydrogens is 304 g/mol. The monoisotopic (exact) mass is 336 g/mol. The van der Waals surface area contributed by atoms with Crippen LogP contribution in [-0.4, -0.2) is 66.4 Å². The van der Waals surface area contributed by atoms with Crippen molar-refractivity contribution >= 4 is 5.91 Å². The van der Waals surface area contributed by atoms with E-state index in [9.17, 15) is 4.79 Å². The van der Waals surface area contributed by atoms with Crippen LogP contribution in [0.4, 0.5) is 0 Å². The first-order chi connectivity index (χ1) is 11.6. The zero-order valence-electron chi connectivity index (χ0n) is 15.2. The second-order valence-corrected chi connectivity index (χ2v) is 8.46. The van der Waals surface area contributed by atoms with Crippen LogP contribution in [0, 0.1) is 11.8 Å². The van der Waals surface area contributed by atoms with Gasteiger partial charge in [0.1, 0.15) is 5.72 Å². The summed E-state index contributed by atoms with van der Waals surface area (Å²) in [6, 6.07) is 0.258. The van der Waals surface area contributed by atoms with E-state index in [0.29, 0.717) is 36.9 Å². The molecule has 4 aliphatic heterocycles. The number of amides is 1. The summed E-state index contributed by atoms with van der Waals surface area (Å²) in [5.41, 5.74) is -0.311. The highest BCUT2D eigenvalue weighted by molar-refractivity contribution is 5.78. The van der Waals surface area contributed by atoms with Gasteiger partial charge in [0.25, 0.3) is 0 Å². The van der Waals surface area contributed by atoms with Crippen molar-refractivity contribution < 1.29 is 14.3 Å². The molecule has 0 aromatic carbocycles. The van der Waals surface area contributed by atoms with Gasteiger partial charge >= 0.3 is 0 Å². The standard InChI is InChI=1S/C19H32N2O3/c1-14(2)17-13-24-19-8-9-20(12-16-5-3-4-10-23-16)11-15(19)6-7-18(22)21(17)19/h14-17H,3-13H2,1-2H3/t15-,16?,17-,19-/m1/s1. The number of hydrogen-bond donors (Lipinski definition) is 0. The molecule has 4 fully saturated rings. The second-order valence-electron chi connectivity index (χ2n) is 8.46. The summed E-state index contributed by atoms with van der Waals surface area (Å²) < 4.78 is 12.3. The van der Waals surface area contributed by atoms with Crippen molar-refractivity contribution in [3.8, 4) is 0 Å². The van der Waals surface area contributed by atoms with Crippen LogP contribution >= 0.6 is 0 Å². The average molecular weight is 336 g/mol. The summed E-state index contributed by atoms with van der Waals surface area (Å²) >= 11 is 0. The maximum Gasteiger partial charge on any atom is 0.225 e. The molecule has 24 heavy (non-hydrogen) atoms. The summed E-state index contributed by atoms with van der Waals surface area (Å²) in [5.74, 6) is 1.23. The first-order valence-electron chi connectivity index (χ1n) is 9.90. The molecule has 0 aromatic rings. The smallest absolute Gasteiger partial charge is 0.225 e. The van der Waals surface area contributed by atoms with Crippen molar-refractivity contribution in [2.24, 2.45) is 11.8 Å². The quantitative estimate of drug-likeness (QED) is 0.793. The molecule has 5 heteroatoms. The van der Waals surface area contributed by atoms with E-state index in [4.69, 9.17) is 9.47 Å². The first kappa shape index (κ1) is 16.8. The number of piperidine rings is 2. The minimum atomic E-state index is -0.311. The zero-order valence-corrected chi connectivity index (χ0v) is 15.2. The highest BCUT2D eigenvalue weighted by atomic mass is 16.5. The van der Waals surface area contributed by atoms with Gasteiger partial charge in [0.2, 0.25) is 5.91 Å². The zero-order chi connectivity index (χ0) is 16.7. The van der Waals surface area contributed by atoms with Crippen molar-refractivity contribution in [3.05, 3.63) is 0 Å². The molecule has 0 saturated carbocycles. The largest absolute Gasteiger partial charge is 0.377 e. The minimum Gasteiger partial charge on any atom is -0.377 e. The topological polar surface area (TPSA) is 42.0 Å². The lowest BCUT2D eigenvalue weighted by atomic mass is 9.79. The number of carbonyl (C=O) groups excluding carboxylic acids is 1. The van der Waals surface area contributed by atoms with E-state index >= 15 is 0 Å². The molecule has 4 saturated heterocycles. The Labute approximate surface area is 145 Å². The Morgan fingerprint density at radius 3 is 2.92 bits per heavy atom. The third-order valence-corrected chi connectivity index (χ3v) is 6.63. The van der Waals surface area contributed by atoms with Crippen LogP contribution in [0.25, 0.3) is 0 Å². The van der Waals surface area contributed by atoms with E-state index in [2.05, 4.69) is 23.6 Å². The van der Waals surface area contributed by atoms with Gasteiger partial charge in [-0.3, -0.25) is 4.79 Å². The summed E-state index contributed by atoms with van der Waals surface area (Å²) in [4.78, 5) is 17.4. The number of hydrogen-bond acceptors (Lipinski definition) is 4. The Kier molecular flexibility index (Phi) is 4.61. The summed E-state index contributed by atoms with van der Waals surface area (Å²) in [5, 5.41) is 0. The third kappa shape index (κ3) is 2.78. The maximum absolute atomic E-state index is 12.7. The van der Waals surface area contributed by atoms with Gasteiger partial charge in [0, 0.05) is 45.0 Å². The van der Waals surface area contributed by atoms with E-state index in [-0.39, 0.29) is 11.8 Å². The van der Waals surface area contributed by atoms with Crippen LogP contribution in [0.15, 0.2) is 0 Å². The van der Waals surface area contributed by atoms with Gasteiger partial charge in [-0.1, -0.05) is 13.8 Å². The minimum absolute atomic E-state index is 0.258. The van der Waals surface area contributed by atoms with Gasteiger partial charge in [-0.05, 0) is 31.6 Å². The van der Waals surface area contributed by atoms with Gasteiger partial charge in [-0.25, -0.2) is 0 Å². The van der Waals surface area contributed by atoms with Gasteiger partial charge in [-0.2, -0.15) is 0 Å². The van der Waals surface area contributed by atoms with Crippen molar-refractivity contribution in [2.45, 2.75) is 70.2 Å². The Bertz CT molecular complexity index is 477. The Morgan fingerprint density at radius 1 is 1.29 bits per heavy atom. The predicted molar refractivity (Wildman–Crippen MR) is 91.5 cm³/mol. The SMILES string of the molecule is CC(C)[C@H]1CO[C@]23CCN(CC4CCCCO4)C[C@H]2CCC(=O)N13. The van der Waals surface area contributed by atoms with Crippen LogP contribution in [0.3, 0.4) is 0 Å². The second kappa shape index (κ2) is 6.58. The number of carbonyl (C=O) groups is 1. The van der Waals surface area contributed by atoms with E-state index in [1.807, 2.05) is 0 Å². The molecule has 4 aliphatic rings. The number of ether oxygens (including phenoxy) is 2. The molecule has 1 amide bonds. The fourth-order valence-electron chi connectivity index (χ4n) is 5.26. The molecule has 1 spiro atoms. The van der Waals surface area contributed by atoms with E-state index in [1.54, 1.807) is 0 Å². The molecule has 4 rings (SSSR count). The van der Waals surface area contributed by atoms with E-state index < -0.39 is 0 Å². The molecule has 0 bridgehead atoms. The molecule has 4 heterocycles. The number of rotatable bonds is 3. The van der Waals surface area contributed by atoms with Gasteiger partial charge in [0.05, 0.1) is 18.8 Å². The number of nitrogens with zero attached hydrogens (tertiary/aromatic N) is 2. The van der Waals surface area contributed by atoms with E-state index in [1.165, 1.54) is 19.3 Å². The van der Waals surface area contributed by atoms with Crippen LogP contribution in [0.5, 0.6) is 0 Å². The molecule has 136 valence electrons. The van der Waals surface area contributed by atoms with Gasteiger partial charge in [0.15, 0.2) is 0 Å². The highest BCUT2D eigenvalue weighted by Crippen LogP contribution is 2.47. The number of likely N-dealkylation sites (tertiary alicyclic amines) is 1. The molecular formula is C19H32N2O3. The molecule has 0 N–H and O–H groups in total. The Morgan fingerprint density at radius 2 is 2.17 bits per heavy atom. The van der Waals surface area contributed by atoms with Crippen molar-refractivity contribution in [2.75, 3.05) is 32.8 Å². The summed E-state index contributed by atoms with van der Waals surface area (Å²) in [6.07, 6.45) is 6.73. The van der Waals surface area contributed by atoms with Crippen LogP contribution in [0.1, 0.15) is 52.4 Å². The summed E-state index contributed by atoms with van der Waals surface area (Å²) in [6.45, 7) is 9.17. The maximum atomic E-state index is 12.7. The fraction of sp³-hybridized carbons (Fsp3) is 0.947. The van der Waals surface area contributed by atoms with Crippen LogP contribution in [-0.2, 0) is 14.3 Å².